The first kappa shape index (κ1) is 17.0. The van der Waals surface area contributed by atoms with E-state index in [0.717, 1.165) is 22.6 Å². The highest BCUT2D eigenvalue weighted by Gasteiger charge is 2.26. The highest BCUT2D eigenvalue weighted by Crippen LogP contribution is 2.26. The lowest BCUT2D eigenvalue weighted by Gasteiger charge is -2.16. The summed E-state index contributed by atoms with van der Waals surface area (Å²) in [6.07, 6.45) is 1.21. The Morgan fingerprint density at radius 2 is 1.81 bits per heavy atom. The second-order valence-electron chi connectivity index (χ2n) is 6.43. The fourth-order valence-corrected chi connectivity index (χ4v) is 3.30. The number of nitrogens with one attached hydrogen (secondary N) is 1. The fourth-order valence-electron chi connectivity index (χ4n) is 3.30. The van der Waals surface area contributed by atoms with Crippen molar-refractivity contribution in [2.45, 2.75) is 18.9 Å². The summed E-state index contributed by atoms with van der Waals surface area (Å²) in [5, 5.41) is 7.40. The molecule has 0 spiro atoms. The van der Waals surface area contributed by atoms with Gasteiger partial charge in [0.1, 0.15) is 11.8 Å². The molecule has 6 nitrogen and oxygen atoms in total. The number of methoxy groups -OCH3 is 1. The SMILES string of the molecule is COc1ccc(-c2ccc(=O)n([C@H]3CCc4ccccc4NC3=O)n2)cc1. The minimum absolute atomic E-state index is 0.221. The zero-order chi connectivity index (χ0) is 18.8. The number of hydrogen-bond donors (Lipinski definition) is 1. The largest absolute Gasteiger partial charge is 0.497 e. The zero-order valence-corrected chi connectivity index (χ0v) is 14.9. The predicted molar refractivity (Wildman–Crippen MR) is 103 cm³/mol. The van der Waals surface area contributed by atoms with E-state index in [1.807, 2.05) is 48.5 Å². The first-order valence-corrected chi connectivity index (χ1v) is 8.79. The van der Waals surface area contributed by atoms with E-state index in [1.165, 1.54) is 10.7 Å². The summed E-state index contributed by atoms with van der Waals surface area (Å²) in [6.45, 7) is 0. The Hall–Kier alpha value is -3.41. The second-order valence-corrected chi connectivity index (χ2v) is 6.43. The third kappa shape index (κ3) is 3.33. The molecule has 0 saturated heterocycles. The normalized spacial score (nSPS) is 16.2. The number of rotatable bonds is 3. The third-order valence-electron chi connectivity index (χ3n) is 4.77. The number of anilines is 1. The van der Waals surface area contributed by atoms with Crippen molar-refractivity contribution in [1.29, 1.82) is 0 Å². The molecule has 0 aliphatic carbocycles. The van der Waals surface area contributed by atoms with E-state index >= 15 is 0 Å². The summed E-state index contributed by atoms with van der Waals surface area (Å²) >= 11 is 0. The molecule has 1 N–H and O–H groups in total. The smallest absolute Gasteiger partial charge is 0.267 e. The van der Waals surface area contributed by atoms with Gasteiger partial charge in [-0.2, -0.15) is 5.10 Å². The van der Waals surface area contributed by atoms with Crippen LogP contribution in [0.4, 0.5) is 5.69 Å². The standard InChI is InChI=1S/C21H19N3O3/c1-27-16-9-6-15(7-10-16)18-11-13-20(25)24(23-18)19-12-8-14-4-2-3-5-17(14)22-21(19)26/h2-7,9-11,13,19H,8,12H2,1H3,(H,22,26)/t19-/m0/s1. The number of fused-ring (bicyclic) bond motifs is 1. The van der Waals surface area contributed by atoms with E-state index in [0.29, 0.717) is 18.5 Å². The van der Waals surface area contributed by atoms with Crippen molar-refractivity contribution < 1.29 is 9.53 Å². The first-order valence-electron chi connectivity index (χ1n) is 8.79. The van der Waals surface area contributed by atoms with E-state index in [2.05, 4.69) is 10.4 Å². The number of carbonyl (C=O) groups is 1. The van der Waals surface area contributed by atoms with E-state index in [1.54, 1.807) is 13.2 Å². The Bertz CT molecular complexity index is 1040. The molecule has 1 aliphatic rings. The van der Waals surface area contributed by atoms with Crippen LogP contribution in [0, 0.1) is 0 Å². The first-order chi connectivity index (χ1) is 13.2. The maximum Gasteiger partial charge on any atom is 0.267 e. The average molecular weight is 361 g/mol. The summed E-state index contributed by atoms with van der Waals surface area (Å²) in [5.74, 6) is 0.523. The second kappa shape index (κ2) is 7.07. The van der Waals surface area contributed by atoms with Gasteiger partial charge in [0.25, 0.3) is 5.56 Å². The summed E-state index contributed by atoms with van der Waals surface area (Å²) in [7, 11) is 1.61. The Balaban J connectivity index is 1.69. The molecule has 4 rings (SSSR count). The number of aromatic nitrogens is 2. The Morgan fingerprint density at radius 3 is 2.59 bits per heavy atom. The molecule has 0 radical (unpaired) electrons. The lowest BCUT2D eigenvalue weighted by atomic mass is 10.1. The molecule has 2 aromatic carbocycles. The Kier molecular flexibility index (Phi) is 4.46. The number of ether oxygens (including phenoxy) is 1. The van der Waals surface area contributed by atoms with Crippen LogP contribution in [0.1, 0.15) is 18.0 Å². The van der Waals surface area contributed by atoms with E-state index in [4.69, 9.17) is 4.74 Å². The van der Waals surface area contributed by atoms with Gasteiger partial charge >= 0.3 is 0 Å². The molecular formula is C21H19N3O3. The molecule has 1 aromatic heterocycles. The van der Waals surface area contributed by atoms with Gasteiger partial charge in [-0.25, -0.2) is 4.68 Å². The van der Waals surface area contributed by atoms with Crippen LogP contribution in [-0.4, -0.2) is 22.8 Å². The third-order valence-corrected chi connectivity index (χ3v) is 4.77. The highest BCUT2D eigenvalue weighted by molar-refractivity contribution is 5.95. The van der Waals surface area contributed by atoms with Gasteiger partial charge < -0.3 is 10.1 Å². The number of aryl methyl sites for hydroxylation is 1. The minimum Gasteiger partial charge on any atom is -0.497 e. The van der Waals surface area contributed by atoms with Gasteiger partial charge in [-0.05, 0) is 54.8 Å². The van der Waals surface area contributed by atoms with Crippen molar-refractivity contribution in [2.75, 3.05) is 12.4 Å². The monoisotopic (exact) mass is 361 g/mol. The van der Waals surface area contributed by atoms with Crippen LogP contribution in [0.2, 0.25) is 0 Å². The number of nitrogens with zero attached hydrogens (tertiary/aromatic N) is 2. The van der Waals surface area contributed by atoms with Crippen molar-refractivity contribution in [3.8, 4) is 17.0 Å². The van der Waals surface area contributed by atoms with Crippen molar-refractivity contribution in [1.82, 2.24) is 9.78 Å². The lowest BCUT2D eigenvalue weighted by Crippen LogP contribution is -2.34. The molecule has 1 aliphatic heterocycles. The van der Waals surface area contributed by atoms with Gasteiger partial charge in [-0.15, -0.1) is 0 Å². The zero-order valence-electron chi connectivity index (χ0n) is 14.9. The maximum absolute atomic E-state index is 12.7. The minimum atomic E-state index is -0.650. The molecule has 1 amide bonds. The summed E-state index contributed by atoms with van der Waals surface area (Å²) < 4.78 is 6.47. The number of benzene rings is 2. The summed E-state index contributed by atoms with van der Waals surface area (Å²) in [5.41, 5.74) is 3.05. The van der Waals surface area contributed by atoms with Gasteiger partial charge in [-0.3, -0.25) is 9.59 Å². The van der Waals surface area contributed by atoms with Gasteiger partial charge in [-0.1, -0.05) is 18.2 Å². The topological polar surface area (TPSA) is 73.2 Å². The van der Waals surface area contributed by atoms with Gasteiger partial charge in [0.2, 0.25) is 5.91 Å². The number of para-hydroxylation sites is 1. The Labute approximate surface area is 156 Å². The molecule has 2 heterocycles. The molecule has 3 aromatic rings. The van der Waals surface area contributed by atoms with Crippen LogP contribution in [0.5, 0.6) is 5.75 Å². The highest BCUT2D eigenvalue weighted by atomic mass is 16.5. The molecule has 136 valence electrons. The summed E-state index contributed by atoms with van der Waals surface area (Å²) in [6, 6.07) is 17.6. The van der Waals surface area contributed by atoms with Crippen LogP contribution in [-0.2, 0) is 11.2 Å². The van der Waals surface area contributed by atoms with Gasteiger partial charge in [0, 0.05) is 17.3 Å². The van der Waals surface area contributed by atoms with Crippen molar-refractivity contribution >= 4 is 11.6 Å². The lowest BCUT2D eigenvalue weighted by molar-refractivity contribution is -0.119. The van der Waals surface area contributed by atoms with Crippen LogP contribution in [0.25, 0.3) is 11.3 Å². The van der Waals surface area contributed by atoms with Crippen molar-refractivity contribution in [2.24, 2.45) is 0 Å². The van der Waals surface area contributed by atoms with Crippen molar-refractivity contribution in [3.05, 3.63) is 76.6 Å². The van der Waals surface area contributed by atoms with Crippen LogP contribution < -0.4 is 15.6 Å². The quantitative estimate of drug-likeness (QED) is 0.778. The number of carbonyl (C=O) groups excluding carboxylic acids is 1. The van der Waals surface area contributed by atoms with Crippen LogP contribution in [0.15, 0.2) is 65.5 Å². The molecule has 0 fully saturated rings. The van der Waals surface area contributed by atoms with Gasteiger partial charge in [0.15, 0.2) is 0 Å². The fraction of sp³-hybridized carbons (Fsp3) is 0.190. The van der Waals surface area contributed by atoms with Crippen LogP contribution >= 0.6 is 0 Å². The molecule has 0 saturated carbocycles. The van der Waals surface area contributed by atoms with E-state index in [-0.39, 0.29) is 11.5 Å². The Morgan fingerprint density at radius 1 is 1.04 bits per heavy atom. The molecular weight excluding hydrogens is 342 g/mol. The maximum atomic E-state index is 12.7. The molecule has 6 heteroatoms. The van der Waals surface area contributed by atoms with E-state index in [9.17, 15) is 9.59 Å². The molecule has 0 bridgehead atoms. The number of amides is 1. The summed E-state index contributed by atoms with van der Waals surface area (Å²) in [4.78, 5) is 25.2. The van der Waals surface area contributed by atoms with E-state index < -0.39 is 6.04 Å². The molecule has 27 heavy (non-hydrogen) atoms. The molecule has 0 unspecified atom stereocenters. The van der Waals surface area contributed by atoms with Crippen molar-refractivity contribution in [3.63, 3.8) is 0 Å². The van der Waals surface area contributed by atoms with Gasteiger partial charge in [0.05, 0.1) is 12.8 Å². The van der Waals surface area contributed by atoms with Crippen LogP contribution in [0.3, 0.4) is 0 Å². The number of hydrogen-bond acceptors (Lipinski definition) is 4. The predicted octanol–water partition coefficient (Wildman–Crippen LogP) is 3.04. The molecule has 1 atom stereocenters. The average Bonchev–Trinajstić information content (AvgIpc) is 2.87.